The van der Waals surface area contributed by atoms with Crippen molar-refractivity contribution in [2.45, 2.75) is 36.1 Å². The zero-order chi connectivity index (χ0) is 36.0. The Hall–Kier alpha value is -5.38. The smallest absolute Gasteiger partial charge is 0.266 e. The van der Waals surface area contributed by atoms with Gasteiger partial charge >= 0.3 is 0 Å². The van der Waals surface area contributed by atoms with E-state index < -0.39 is 15.6 Å². The normalized spacial score (nSPS) is 19.0. The van der Waals surface area contributed by atoms with Crippen LogP contribution >= 0.6 is 0 Å². The molecule has 11 nitrogen and oxygen atoms in total. The maximum Gasteiger partial charge on any atom is 0.266 e. The first-order valence-corrected chi connectivity index (χ1v) is 19.0. The highest BCUT2D eigenvalue weighted by atomic mass is 32.2. The fourth-order valence-corrected chi connectivity index (χ4v) is 9.53. The quantitative estimate of drug-likeness (QED) is 0.168. The van der Waals surface area contributed by atoms with E-state index in [4.69, 9.17) is 14.2 Å². The van der Waals surface area contributed by atoms with E-state index in [1.165, 1.54) is 17.1 Å². The molecule has 8 rings (SSSR count). The van der Waals surface area contributed by atoms with E-state index >= 15 is 8.42 Å². The van der Waals surface area contributed by atoms with E-state index in [1.54, 1.807) is 50.7 Å². The highest BCUT2D eigenvalue weighted by Crippen LogP contribution is 2.53. The lowest BCUT2D eigenvalue weighted by atomic mass is 9.81. The summed E-state index contributed by atoms with van der Waals surface area (Å²) in [6, 6.07) is 24.3. The van der Waals surface area contributed by atoms with Gasteiger partial charge in [0.25, 0.3) is 10.0 Å². The molecule has 4 heterocycles. The third-order valence-electron chi connectivity index (χ3n) is 10.6. The first-order valence-electron chi connectivity index (χ1n) is 17.6. The van der Waals surface area contributed by atoms with Crippen LogP contribution in [0.4, 0.5) is 11.4 Å². The summed E-state index contributed by atoms with van der Waals surface area (Å²) in [5.74, 6) is 2.32. The molecule has 3 aliphatic rings. The van der Waals surface area contributed by atoms with Crippen LogP contribution in [-0.2, 0) is 15.6 Å². The predicted molar refractivity (Wildman–Crippen MR) is 199 cm³/mol. The number of pyridine rings is 2. The second-order valence-corrected chi connectivity index (χ2v) is 15.2. The SMILES string of the molecule is CCOc1ccc(OC)cc1C1(N2CCN(c3ccnc(C4CC4)c3)CC2)CN(S(=O)(=O)c2ccc(OC)c3cccnc23)c2ccc(C#N)cc21. The van der Waals surface area contributed by atoms with Gasteiger partial charge in [0.1, 0.15) is 22.1 Å². The minimum absolute atomic E-state index is 0.0359. The summed E-state index contributed by atoms with van der Waals surface area (Å²) < 4.78 is 49.4. The lowest BCUT2D eigenvalue weighted by Gasteiger charge is -2.47. The molecule has 3 aromatic carbocycles. The second-order valence-electron chi connectivity index (χ2n) is 13.4. The van der Waals surface area contributed by atoms with E-state index in [1.807, 2.05) is 43.5 Å². The number of anilines is 2. The first-order chi connectivity index (χ1) is 25.3. The number of nitrogens with zero attached hydrogens (tertiary/aromatic N) is 6. The van der Waals surface area contributed by atoms with Crippen molar-refractivity contribution in [3.05, 3.63) is 108 Å². The summed E-state index contributed by atoms with van der Waals surface area (Å²) in [6.07, 6.45) is 5.85. The Labute approximate surface area is 304 Å². The van der Waals surface area contributed by atoms with E-state index in [2.05, 4.69) is 38.0 Å². The number of hydrogen-bond acceptors (Lipinski definition) is 10. The number of fused-ring (bicyclic) bond motifs is 2. The van der Waals surface area contributed by atoms with Crippen LogP contribution in [0.1, 0.15) is 48.1 Å². The Morgan fingerprint density at radius 3 is 2.42 bits per heavy atom. The Morgan fingerprint density at radius 1 is 0.885 bits per heavy atom. The molecule has 1 atom stereocenters. The Bertz CT molecular complexity index is 2320. The van der Waals surface area contributed by atoms with Gasteiger partial charge in [0.2, 0.25) is 0 Å². The van der Waals surface area contributed by atoms with Gasteiger partial charge in [-0.25, -0.2) is 8.42 Å². The largest absolute Gasteiger partial charge is 0.497 e. The molecule has 0 bridgehead atoms. The number of piperazine rings is 1. The van der Waals surface area contributed by atoms with Gasteiger partial charge in [0, 0.05) is 72.4 Å². The van der Waals surface area contributed by atoms with Gasteiger partial charge in [-0.05, 0) is 92.6 Å². The maximum absolute atomic E-state index is 15.1. The summed E-state index contributed by atoms with van der Waals surface area (Å²) in [7, 11) is -1.06. The van der Waals surface area contributed by atoms with Crippen LogP contribution in [-0.4, -0.2) is 76.8 Å². The fraction of sp³-hybridized carbons (Fsp3) is 0.325. The monoisotopic (exact) mass is 716 g/mol. The fourth-order valence-electron chi connectivity index (χ4n) is 7.87. The van der Waals surface area contributed by atoms with Crippen molar-refractivity contribution in [2.75, 3.05) is 62.8 Å². The molecule has 0 radical (unpaired) electrons. The third kappa shape index (κ3) is 5.56. The van der Waals surface area contributed by atoms with Crippen molar-refractivity contribution in [3.8, 4) is 23.3 Å². The van der Waals surface area contributed by atoms with E-state index in [0.29, 0.717) is 83.7 Å². The van der Waals surface area contributed by atoms with Crippen LogP contribution in [0.3, 0.4) is 0 Å². The predicted octanol–water partition coefficient (Wildman–Crippen LogP) is 6.07. The minimum Gasteiger partial charge on any atom is -0.497 e. The average Bonchev–Trinajstić information content (AvgIpc) is 3.99. The van der Waals surface area contributed by atoms with E-state index in [-0.39, 0.29) is 11.4 Å². The van der Waals surface area contributed by atoms with Crippen molar-refractivity contribution in [1.82, 2.24) is 14.9 Å². The Balaban J connectivity index is 1.29. The molecular formula is C40H40N6O5S. The number of methoxy groups -OCH3 is 2. The molecule has 0 spiro atoms. The summed E-state index contributed by atoms with van der Waals surface area (Å²) in [5.41, 5.74) is 3.97. The van der Waals surface area contributed by atoms with Gasteiger partial charge in [-0.15, -0.1) is 0 Å². The van der Waals surface area contributed by atoms with Crippen molar-refractivity contribution >= 4 is 32.3 Å². The van der Waals surface area contributed by atoms with Gasteiger partial charge in [0.15, 0.2) is 0 Å². The van der Waals surface area contributed by atoms with Crippen molar-refractivity contribution in [1.29, 1.82) is 5.26 Å². The summed E-state index contributed by atoms with van der Waals surface area (Å²) in [5, 5.41) is 10.8. The molecule has 52 heavy (non-hydrogen) atoms. The number of ether oxygens (including phenoxy) is 3. The molecular weight excluding hydrogens is 677 g/mol. The molecule has 5 aromatic rings. The molecule has 0 N–H and O–H groups in total. The number of benzene rings is 3. The first kappa shape index (κ1) is 33.7. The molecule has 2 aliphatic heterocycles. The second kappa shape index (κ2) is 13.3. The van der Waals surface area contributed by atoms with E-state index in [0.717, 1.165) is 16.9 Å². The summed E-state index contributed by atoms with van der Waals surface area (Å²) in [4.78, 5) is 14.0. The van der Waals surface area contributed by atoms with E-state index in [9.17, 15) is 5.26 Å². The standard InChI is InChI=1S/C40H40N6O5S/c1-4-51-37-12-10-30(49-2)24-33(37)40(45-20-18-44(19-21-45)29-15-17-42-34(23-29)28-8-9-28)26-46(35-11-7-27(25-41)22-32(35)40)52(47,48)38-14-13-36(50-3)31-6-5-16-43-39(31)38/h5-7,10-17,22-24,28H,4,8-9,18-21,26H2,1-3H3. The number of aromatic nitrogens is 2. The Kier molecular flexibility index (Phi) is 8.64. The van der Waals surface area contributed by atoms with Crippen LogP contribution in [0, 0.1) is 11.3 Å². The number of sulfonamides is 1. The molecule has 2 aromatic heterocycles. The van der Waals surface area contributed by atoms with Gasteiger partial charge in [-0.3, -0.25) is 19.2 Å². The third-order valence-corrected chi connectivity index (χ3v) is 12.4. The van der Waals surface area contributed by atoms with Crippen LogP contribution < -0.4 is 23.4 Å². The zero-order valence-electron chi connectivity index (χ0n) is 29.4. The molecule has 266 valence electrons. The van der Waals surface area contributed by atoms with Crippen molar-refractivity contribution in [2.24, 2.45) is 0 Å². The highest BCUT2D eigenvalue weighted by molar-refractivity contribution is 7.93. The lowest BCUT2D eigenvalue weighted by Crippen LogP contribution is -2.58. The molecule has 1 aliphatic carbocycles. The van der Waals surface area contributed by atoms with Gasteiger partial charge < -0.3 is 19.1 Å². The van der Waals surface area contributed by atoms with Crippen LogP contribution in [0.15, 0.2) is 90.1 Å². The van der Waals surface area contributed by atoms with Gasteiger partial charge in [-0.1, -0.05) is 0 Å². The van der Waals surface area contributed by atoms with Crippen LogP contribution in [0.25, 0.3) is 10.9 Å². The number of rotatable bonds is 10. The van der Waals surface area contributed by atoms with Crippen LogP contribution in [0.5, 0.6) is 17.2 Å². The molecule has 2 fully saturated rings. The zero-order valence-corrected chi connectivity index (χ0v) is 30.3. The lowest BCUT2D eigenvalue weighted by molar-refractivity contribution is 0.124. The van der Waals surface area contributed by atoms with Crippen molar-refractivity contribution in [3.63, 3.8) is 0 Å². The molecule has 1 saturated carbocycles. The summed E-state index contributed by atoms with van der Waals surface area (Å²) in [6.45, 7) is 5.01. The molecule has 12 heteroatoms. The number of hydrogen-bond donors (Lipinski definition) is 0. The maximum atomic E-state index is 15.1. The molecule has 1 unspecified atom stereocenters. The molecule has 1 saturated heterocycles. The van der Waals surface area contributed by atoms with Gasteiger partial charge in [0.05, 0.1) is 55.7 Å². The van der Waals surface area contributed by atoms with Crippen LogP contribution in [0.2, 0.25) is 0 Å². The van der Waals surface area contributed by atoms with Gasteiger partial charge in [-0.2, -0.15) is 5.26 Å². The Morgan fingerprint density at radius 2 is 1.69 bits per heavy atom. The van der Waals surface area contributed by atoms with Crippen molar-refractivity contribution < 1.29 is 22.6 Å². The topological polar surface area (TPSA) is 121 Å². The number of nitriles is 1. The summed E-state index contributed by atoms with van der Waals surface area (Å²) >= 11 is 0. The molecule has 0 amide bonds. The average molecular weight is 717 g/mol. The minimum atomic E-state index is -4.23. The highest BCUT2D eigenvalue weighted by Gasteiger charge is 2.54.